The van der Waals surface area contributed by atoms with Gasteiger partial charge in [-0.15, -0.1) is 0 Å². The average molecular weight is 210 g/mol. The molecule has 15 heavy (non-hydrogen) atoms. The molecule has 2 heteroatoms. The number of rotatable bonds is 0. The summed E-state index contributed by atoms with van der Waals surface area (Å²) in [5.41, 5.74) is 0.489. The van der Waals surface area contributed by atoms with Gasteiger partial charge in [0.05, 0.1) is 0 Å². The summed E-state index contributed by atoms with van der Waals surface area (Å²) in [4.78, 5) is 2.57. The standard InChI is InChI=1S/C13H26N2/c1-13(2,3)10-5-6-11-12(9-10)15(4)8-7-14-11/h10-12,14H,5-9H2,1-4H3. The van der Waals surface area contributed by atoms with Crippen molar-refractivity contribution in [2.45, 2.75) is 52.1 Å². The van der Waals surface area contributed by atoms with Gasteiger partial charge in [0.15, 0.2) is 0 Å². The third kappa shape index (κ3) is 2.36. The zero-order chi connectivity index (χ0) is 11.1. The molecule has 3 atom stereocenters. The van der Waals surface area contributed by atoms with Crippen molar-refractivity contribution in [2.75, 3.05) is 20.1 Å². The fourth-order valence-electron chi connectivity index (χ4n) is 3.25. The number of likely N-dealkylation sites (N-methyl/N-ethyl adjacent to an activating group) is 1. The van der Waals surface area contributed by atoms with Crippen LogP contribution in [0.25, 0.3) is 0 Å². The van der Waals surface area contributed by atoms with Gasteiger partial charge in [-0.2, -0.15) is 0 Å². The van der Waals surface area contributed by atoms with Crippen LogP contribution in [-0.4, -0.2) is 37.1 Å². The summed E-state index contributed by atoms with van der Waals surface area (Å²) in [7, 11) is 2.30. The predicted octanol–water partition coefficient (Wildman–Crippen LogP) is 2.10. The third-order valence-corrected chi connectivity index (χ3v) is 4.48. The van der Waals surface area contributed by atoms with E-state index in [2.05, 4.69) is 38.0 Å². The summed E-state index contributed by atoms with van der Waals surface area (Å²) in [5, 5.41) is 3.68. The van der Waals surface area contributed by atoms with E-state index in [-0.39, 0.29) is 0 Å². The summed E-state index contributed by atoms with van der Waals surface area (Å²) < 4.78 is 0. The number of hydrogen-bond donors (Lipinski definition) is 1. The molecule has 0 spiro atoms. The minimum absolute atomic E-state index is 0.489. The van der Waals surface area contributed by atoms with E-state index in [0.717, 1.165) is 18.0 Å². The molecule has 2 nitrogen and oxygen atoms in total. The zero-order valence-corrected chi connectivity index (χ0v) is 10.7. The van der Waals surface area contributed by atoms with Crippen LogP contribution in [-0.2, 0) is 0 Å². The van der Waals surface area contributed by atoms with Crippen molar-refractivity contribution < 1.29 is 0 Å². The van der Waals surface area contributed by atoms with Crippen LogP contribution in [0.3, 0.4) is 0 Å². The second kappa shape index (κ2) is 4.06. The van der Waals surface area contributed by atoms with Crippen molar-refractivity contribution in [3.8, 4) is 0 Å². The Bertz CT molecular complexity index is 219. The van der Waals surface area contributed by atoms with Gasteiger partial charge in [0.2, 0.25) is 0 Å². The number of nitrogens with zero attached hydrogens (tertiary/aromatic N) is 1. The highest BCUT2D eigenvalue weighted by Gasteiger charge is 2.38. The summed E-state index contributed by atoms with van der Waals surface area (Å²) in [5.74, 6) is 0.904. The van der Waals surface area contributed by atoms with Crippen LogP contribution in [0.15, 0.2) is 0 Å². The molecule has 1 aliphatic carbocycles. The lowest BCUT2D eigenvalue weighted by atomic mass is 9.69. The fourth-order valence-corrected chi connectivity index (χ4v) is 3.25. The minimum atomic E-state index is 0.489. The van der Waals surface area contributed by atoms with Crippen molar-refractivity contribution in [1.82, 2.24) is 10.2 Å². The average Bonchev–Trinajstić information content (AvgIpc) is 2.16. The number of nitrogens with one attached hydrogen (secondary N) is 1. The lowest BCUT2D eigenvalue weighted by Crippen LogP contribution is -2.59. The molecule has 2 fully saturated rings. The molecular weight excluding hydrogens is 184 g/mol. The van der Waals surface area contributed by atoms with Crippen LogP contribution in [0.5, 0.6) is 0 Å². The van der Waals surface area contributed by atoms with Gasteiger partial charge in [0, 0.05) is 25.2 Å². The molecule has 88 valence electrons. The van der Waals surface area contributed by atoms with Crippen LogP contribution in [0.1, 0.15) is 40.0 Å². The van der Waals surface area contributed by atoms with Crippen LogP contribution < -0.4 is 5.32 Å². The third-order valence-electron chi connectivity index (χ3n) is 4.48. The van der Waals surface area contributed by atoms with Crippen molar-refractivity contribution in [2.24, 2.45) is 11.3 Å². The topological polar surface area (TPSA) is 15.3 Å². The Morgan fingerprint density at radius 2 is 1.93 bits per heavy atom. The molecule has 0 aromatic rings. The largest absolute Gasteiger partial charge is 0.311 e. The highest BCUT2D eigenvalue weighted by molar-refractivity contribution is 4.95. The molecule has 0 amide bonds. The van der Waals surface area contributed by atoms with E-state index >= 15 is 0 Å². The zero-order valence-electron chi connectivity index (χ0n) is 10.7. The van der Waals surface area contributed by atoms with E-state index in [4.69, 9.17) is 0 Å². The Morgan fingerprint density at radius 1 is 1.20 bits per heavy atom. The molecular formula is C13H26N2. The van der Waals surface area contributed by atoms with Crippen LogP contribution >= 0.6 is 0 Å². The van der Waals surface area contributed by atoms with Crippen molar-refractivity contribution in [3.63, 3.8) is 0 Å². The van der Waals surface area contributed by atoms with Crippen LogP contribution in [0.2, 0.25) is 0 Å². The van der Waals surface area contributed by atoms with Gasteiger partial charge in [-0.3, -0.25) is 0 Å². The monoisotopic (exact) mass is 210 g/mol. The lowest BCUT2D eigenvalue weighted by molar-refractivity contribution is 0.0513. The van der Waals surface area contributed by atoms with E-state index < -0.39 is 0 Å². The summed E-state index contributed by atoms with van der Waals surface area (Å²) in [6, 6.07) is 1.55. The molecule has 0 radical (unpaired) electrons. The maximum absolute atomic E-state index is 3.68. The molecule has 2 aliphatic rings. The molecule has 1 heterocycles. The van der Waals surface area contributed by atoms with E-state index in [9.17, 15) is 0 Å². The summed E-state index contributed by atoms with van der Waals surface area (Å²) in [6.45, 7) is 9.59. The van der Waals surface area contributed by atoms with Crippen molar-refractivity contribution >= 4 is 0 Å². The maximum atomic E-state index is 3.68. The first-order valence-corrected chi connectivity index (χ1v) is 6.42. The van der Waals surface area contributed by atoms with E-state index in [1.54, 1.807) is 0 Å². The van der Waals surface area contributed by atoms with Gasteiger partial charge in [-0.25, -0.2) is 0 Å². The van der Waals surface area contributed by atoms with Gasteiger partial charge >= 0.3 is 0 Å². The molecule has 2 rings (SSSR count). The van der Waals surface area contributed by atoms with Gasteiger partial charge in [0.1, 0.15) is 0 Å². The molecule has 1 saturated heterocycles. The summed E-state index contributed by atoms with van der Waals surface area (Å²) >= 11 is 0. The number of piperazine rings is 1. The molecule has 3 unspecified atom stereocenters. The number of hydrogen-bond acceptors (Lipinski definition) is 2. The molecule has 1 saturated carbocycles. The molecule has 0 aromatic carbocycles. The Kier molecular flexibility index (Phi) is 3.09. The van der Waals surface area contributed by atoms with Gasteiger partial charge in [-0.1, -0.05) is 20.8 Å². The fraction of sp³-hybridized carbons (Fsp3) is 1.00. The van der Waals surface area contributed by atoms with Crippen LogP contribution in [0.4, 0.5) is 0 Å². The number of fused-ring (bicyclic) bond motifs is 1. The first-order chi connectivity index (χ1) is 6.98. The van der Waals surface area contributed by atoms with E-state index in [1.165, 1.54) is 32.4 Å². The lowest BCUT2D eigenvalue weighted by Gasteiger charge is -2.48. The van der Waals surface area contributed by atoms with E-state index in [0.29, 0.717) is 5.41 Å². The van der Waals surface area contributed by atoms with Gasteiger partial charge in [-0.05, 0) is 37.6 Å². The summed E-state index contributed by atoms with van der Waals surface area (Å²) in [6.07, 6.45) is 4.17. The quantitative estimate of drug-likeness (QED) is 0.659. The second-order valence-corrected chi connectivity index (χ2v) is 6.48. The molecule has 1 aliphatic heterocycles. The Balaban J connectivity index is 2.02. The van der Waals surface area contributed by atoms with Crippen LogP contribution in [0, 0.1) is 11.3 Å². The first kappa shape index (κ1) is 11.4. The SMILES string of the molecule is CN1CCNC2CCC(C(C)(C)C)CC21. The Hall–Kier alpha value is -0.0800. The molecule has 1 N–H and O–H groups in total. The van der Waals surface area contributed by atoms with Gasteiger partial charge < -0.3 is 10.2 Å². The Morgan fingerprint density at radius 3 is 2.60 bits per heavy atom. The first-order valence-electron chi connectivity index (χ1n) is 6.42. The van der Waals surface area contributed by atoms with Crippen molar-refractivity contribution in [3.05, 3.63) is 0 Å². The van der Waals surface area contributed by atoms with Gasteiger partial charge in [0.25, 0.3) is 0 Å². The normalized spacial score (nSPS) is 38.8. The highest BCUT2D eigenvalue weighted by Crippen LogP contribution is 2.39. The predicted molar refractivity (Wildman–Crippen MR) is 65.0 cm³/mol. The smallest absolute Gasteiger partial charge is 0.0249 e. The maximum Gasteiger partial charge on any atom is 0.0249 e. The van der Waals surface area contributed by atoms with E-state index in [1.807, 2.05) is 0 Å². The Labute approximate surface area is 94.4 Å². The minimum Gasteiger partial charge on any atom is -0.311 e. The molecule has 0 bridgehead atoms. The van der Waals surface area contributed by atoms with Crippen molar-refractivity contribution in [1.29, 1.82) is 0 Å². The second-order valence-electron chi connectivity index (χ2n) is 6.48. The molecule has 0 aromatic heterocycles. The highest BCUT2D eigenvalue weighted by atomic mass is 15.2.